The number of nitro groups is 1. The Morgan fingerprint density at radius 1 is 1.44 bits per heavy atom. The van der Waals surface area contributed by atoms with Gasteiger partial charge in [-0.15, -0.1) is 0 Å². The molecule has 0 spiro atoms. The Balaban J connectivity index is 1.75. The smallest absolute Gasteiger partial charge is 0.271 e. The summed E-state index contributed by atoms with van der Waals surface area (Å²) in [6.45, 7) is 3.45. The van der Waals surface area contributed by atoms with Crippen LogP contribution in [0.2, 0.25) is 0 Å². The number of amides is 1. The van der Waals surface area contributed by atoms with E-state index < -0.39 is 11.0 Å². The van der Waals surface area contributed by atoms with Gasteiger partial charge in [-0.05, 0) is 44.6 Å². The van der Waals surface area contributed by atoms with Gasteiger partial charge < -0.3 is 14.4 Å². The molecular weight excluding hydrogens is 324 g/mol. The average Bonchev–Trinajstić information content (AvgIpc) is 3.04. The standard InChI is InChI=1S/C18H24N2O5/c1-13(25-12-16-6-4-10-24-16)18(21)19-9-3-2-5-14-7-8-15(20(22)23)11-17(14)19/h7-8,11,13,16H,2-6,9-10,12H2,1H3. The molecule has 0 bridgehead atoms. The van der Waals surface area contributed by atoms with E-state index >= 15 is 0 Å². The first-order valence-corrected chi connectivity index (χ1v) is 8.88. The van der Waals surface area contributed by atoms with Crippen LogP contribution in [0.15, 0.2) is 18.2 Å². The van der Waals surface area contributed by atoms with Gasteiger partial charge in [0.2, 0.25) is 0 Å². The average molecular weight is 348 g/mol. The third-order valence-corrected chi connectivity index (χ3v) is 4.82. The quantitative estimate of drug-likeness (QED) is 0.604. The van der Waals surface area contributed by atoms with E-state index in [-0.39, 0.29) is 17.7 Å². The van der Waals surface area contributed by atoms with Gasteiger partial charge in [0.1, 0.15) is 6.10 Å². The molecule has 2 heterocycles. The molecule has 2 unspecified atom stereocenters. The van der Waals surface area contributed by atoms with Crippen LogP contribution in [0.5, 0.6) is 0 Å². The first-order valence-electron chi connectivity index (χ1n) is 8.88. The molecule has 0 aliphatic carbocycles. The number of carbonyl (C=O) groups excluding carboxylic acids is 1. The van der Waals surface area contributed by atoms with Gasteiger partial charge >= 0.3 is 0 Å². The molecule has 1 saturated heterocycles. The lowest BCUT2D eigenvalue weighted by atomic mass is 10.1. The lowest BCUT2D eigenvalue weighted by molar-refractivity contribution is -0.384. The van der Waals surface area contributed by atoms with Crippen molar-refractivity contribution in [3.05, 3.63) is 33.9 Å². The summed E-state index contributed by atoms with van der Waals surface area (Å²) in [6.07, 6.45) is 4.09. The van der Waals surface area contributed by atoms with Crippen LogP contribution in [0.1, 0.15) is 38.2 Å². The molecule has 0 N–H and O–H groups in total. The highest BCUT2D eigenvalue weighted by molar-refractivity contribution is 5.97. The Hall–Kier alpha value is -1.99. The number of nitro benzene ring substituents is 1. The predicted molar refractivity (Wildman–Crippen MR) is 92.8 cm³/mol. The van der Waals surface area contributed by atoms with Crippen molar-refractivity contribution < 1.29 is 19.2 Å². The van der Waals surface area contributed by atoms with Crippen molar-refractivity contribution in [1.82, 2.24) is 0 Å². The van der Waals surface area contributed by atoms with E-state index in [1.807, 2.05) is 0 Å². The zero-order chi connectivity index (χ0) is 17.8. The highest BCUT2D eigenvalue weighted by Gasteiger charge is 2.28. The number of anilines is 1. The van der Waals surface area contributed by atoms with Crippen molar-refractivity contribution >= 4 is 17.3 Å². The molecule has 1 amide bonds. The molecule has 0 radical (unpaired) electrons. The van der Waals surface area contributed by atoms with Crippen LogP contribution in [-0.4, -0.2) is 42.8 Å². The minimum atomic E-state index is -0.602. The molecule has 7 heteroatoms. The largest absolute Gasteiger partial charge is 0.376 e. The summed E-state index contributed by atoms with van der Waals surface area (Å²) >= 11 is 0. The first-order chi connectivity index (χ1) is 12.1. The number of aryl methyl sites for hydroxylation is 1. The van der Waals surface area contributed by atoms with Crippen LogP contribution in [0.3, 0.4) is 0 Å². The lowest BCUT2D eigenvalue weighted by Gasteiger charge is -2.26. The molecular formula is C18H24N2O5. The fraction of sp³-hybridized carbons (Fsp3) is 0.611. The highest BCUT2D eigenvalue weighted by Crippen LogP contribution is 2.31. The number of rotatable bonds is 5. The molecule has 0 aromatic heterocycles. The molecule has 3 rings (SSSR count). The van der Waals surface area contributed by atoms with E-state index in [4.69, 9.17) is 9.47 Å². The van der Waals surface area contributed by atoms with E-state index in [1.165, 1.54) is 12.1 Å². The van der Waals surface area contributed by atoms with Crippen molar-refractivity contribution in [3.8, 4) is 0 Å². The van der Waals surface area contributed by atoms with Crippen molar-refractivity contribution in [2.45, 2.75) is 51.2 Å². The number of hydrogen-bond acceptors (Lipinski definition) is 5. The number of nitrogens with zero attached hydrogens (tertiary/aromatic N) is 2. The SMILES string of the molecule is CC(OCC1CCCO1)C(=O)N1CCCCc2ccc([N+](=O)[O-])cc21. The normalized spacial score (nSPS) is 21.5. The molecule has 136 valence electrons. The topological polar surface area (TPSA) is 81.9 Å². The van der Waals surface area contributed by atoms with Crippen LogP contribution < -0.4 is 4.90 Å². The summed E-state index contributed by atoms with van der Waals surface area (Å²) in [5, 5.41) is 11.1. The zero-order valence-corrected chi connectivity index (χ0v) is 14.5. The zero-order valence-electron chi connectivity index (χ0n) is 14.5. The number of benzene rings is 1. The third-order valence-electron chi connectivity index (χ3n) is 4.82. The van der Waals surface area contributed by atoms with E-state index in [1.54, 1.807) is 17.9 Å². The first kappa shape index (κ1) is 17.8. The summed E-state index contributed by atoms with van der Waals surface area (Å²) in [6, 6.07) is 4.77. The number of ether oxygens (including phenoxy) is 2. The third kappa shape index (κ3) is 4.16. The van der Waals surface area contributed by atoms with Gasteiger partial charge in [-0.2, -0.15) is 0 Å². The Morgan fingerprint density at radius 2 is 2.28 bits per heavy atom. The monoisotopic (exact) mass is 348 g/mol. The molecule has 2 atom stereocenters. The molecule has 1 fully saturated rings. The fourth-order valence-corrected chi connectivity index (χ4v) is 3.38. The van der Waals surface area contributed by atoms with Gasteiger partial charge in [-0.1, -0.05) is 6.07 Å². The van der Waals surface area contributed by atoms with Gasteiger partial charge in [-0.25, -0.2) is 0 Å². The van der Waals surface area contributed by atoms with Crippen LogP contribution >= 0.6 is 0 Å². The van der Waals surface area contributed by atoms with E-state index in [0.29, 0.717) is 18.8 Å². The van der Waals surface area contributed by atoms with E-state index in [9.17, 15) is 14.9 Å². The second-order valence-electron chi connectivity index (χ2n) is 6.63. The summed E-state index contributed by atoms with van der Waals surface area (Å²) < 4.78 is 11.2. The van der Waals surface area contributed by atoms with E-state index in [0.717, 1.165) is 44.3 Å². The number of fused-ring (bicyclic) bond motifs is 1. The Labute approximate surface area is 147 Å². The number of hydrogen-bond donors (Lipinski definition) is 0. The fourth-order valence-electron chi connectivity index (χ4n) is 3.38. The summed E-state index contributed by atoms with van der Waals surface area (Å²) in [5.41, 5.74) is 1.62. The van der Waals surface area contributed by atoms with Crippen molar-refractivity contribution in [2.24, 2.45) is 0 Å². The maximum Gasteiger partial charge on any atom is 0.271 e. The Morgan fingerprint density at radius 3 is 3.00 bits per heavy atom. The van der Waals surface area contributed by atoms with Crippen LogP contribution in [0.25, 0.3) is 0 Å². The van der Waals surface area contributed by atoms with Gasteiger partial charge in [0, 0.05) is 25.3 Å². The van der Waals surface area contributed by atoms with Crippen LogP contribution in [0.4, 0.5) is 11.4 Å². The predicted octanol–water partition coefficient (Wildman–Crippen LogP) is 2.85. The number of non-ortho nitro benzene ring substituents is 1. The maximum absolute atomic E-state index is 12.9. The molecule has 2 aliphatic rings. The number of carbonyl (C=O) groups is 1. The summed E-state index contributed by atoms with van der Waals surface area (Å²) in [4.78, 5) is 25.2. The maximum atomic E-state index is 12.9. The summed E-state index contributed by atoms with van der Waals surface area (Å²) in [5.74, 6) is -0.151. The van der Waals surface area contributed by atoms with Gasteiger partial charge in [0.05, 0.1) is 23.3 Å². The van der Waals surface area contributed by atoms with Crippen LogP contribution in [0, 0.1) is 10.1 Å². The van der Waals surface area contributed by atoms with Gasteiger partial charge in [0.25, 0.3) is 11.6 Å². The summed E-state index contributed by atoms with van der Waals surface area (Å²) in [7, 11) is 0. The van der Waals surface area contributed by atoms with Crippen molar-refractivity contribution in [1.29, 1.82) is 0 Å². The minimum absolute atomic E-state index is 0.00590. The van der Waals surface area contributed by atoms with Gasteiger partial charge in [-0.3, -0.25) is 14.9 Å². The molecule has 7 nitrogen and oxygen atoms in total. The van der Waals surface area contributed by atoms with Crippen molar-refractivity contribution in [3.63, 3.8) is 0 Å². The van der Waals surface area contributed by atoms with E-state index in [2.05, 4.69) is 0 Å². The van der Waals surface area contributed by atoms with Crippen LogP contribution in [-0.2, 0) is 20.7 Å². The minimum Gasteiger partial charge on any atom is -0.376 e. The second kappa shape index (κ2) is 7.93. The molecule has 2 aliphatic heterocycles. The lowest BCUT2D eigenvalue weighted by Crippen LogP contribution is -2.40. The highest BCUT2D eigenvalue weighted by atomic mass is 16.6. The second-order valence-corrected chi connectivity index (χ2v) is 6.63. The van der Waals surface area contributed by atoms with Gasteiger partial charge in [0.15, 0.2) is 0 Å². The molecule has 1 aromatic rings. The molecule has 1 aromatic carbocycles. The molecule has 0 saturated carbocycles. The van der Waals surface area contributed by atoms with Crippen molar-refractivity contribution in [2.75, 3.05) is 24.7 Å². The Kier molecular flexibility index (Phi) is 5.65. The molecule has 25 heavy (non-hydrogen) atoms. The Bertz CT molecular complexity index is 642.